The quantitative estimate of drug-likeness (QED) is 0.795. The van der Waals surface area contributed by atoms with Gasteiger partial charge < -0.3 is 5.32 Å². The summed E-state index contributed by atoms with van der Waals surface area (Å²) in [6.07, 6.45) is -4.37. The predicted molar refractivity (Wildman–Crippen MR) is 96.0 cm³/mol. The third-order valence-corrected chi connectivity index (χ3v) is 7.56. The van der Waals surface area contributed by atoms with Crippen molar-refractivity contribution in [2.75, 3.05) is 5.32 Å². The molecule has 0 atom stereocenters. The Labute approximate surface area is 157 Å². The Kier molecular flexibility index (Phi) is 4.67. The number of amides is 1. The van der Waals surface area contributed by atoms with Gasteiger partial charge in [0, 0.05) is 5.38 Å². The molecule has 0 radical (unpaired) electrons. The lowest BCUT2D eigenvalue weighted by Crippen LogP contribution is -2.37. The van der Waals surface area contributed by atoms with Gasteiger partial charge in [-0.25, -0.2) is 13.4 Å². The second-order valence-corrected chi connectivity index (χ2v) is 9.41. The van der Waals surface area contributed by atoms with E-state index in [0.29, 0.717) is 23.4 Å². The number of sulfone groups is 1. The summed E-state index contributed by atoms with van der Waals surface area (Å²) in [5.41, 5.74) is 0.335. The number of benzene rings is 1. The first kappa shape index (κ1) is 19.6. The van der Waals surface area contributed by atoms with Gasteiger partial charge in [-0.3, -0.25) is 4.79 Å². The van der Waals surface area contributed by atoms with Gasteiger partial charge in [-0.2, -0.15) is 13.2 Å². The van der Waals surface area contributed by atoms with Gasteiger partial charge in [0.25, 0.3) is 0 Å². The van der Waals surface area contributed by atoms with E-state index in [1.54, 1.807) is 12.3 Å². The van der Waals surface area contributed by atoms with Crippen LogP contribution in [-0.4, -0.2) is 24.1 Å². The number of anilines is 1. The molecule has 1 aromatic heterocycles. The summed E-state index contributed by atoms with van der Waals surface area (Å²) < 4.78 is 62.0. The van der Waals surface area contributed by atoms with Crippen molar-refractivity contribution in [1.82, 2.24) is 4.98 Å². The molecule has 3 rings (SSSR count). The van der Waals surface area contributed by atoms with Crippen LogP contribution < -0.4 is 5.32 Å². The average Bonchev–Trinajstić information content (AvgIpc) is 3.29. The van der Waals surface area contributed by atoms with Crippen LogP contribution in [0.4, 0.5) is 18.3 Å². The zero-order valence-electron chi connectivity index (χ0n) is 14.1. The highest BCUT2D eigenvalue weighted by atomic mass is 32.2. The lowest BCUT2D eigenvalue weighted by molar-refractivity contribution is -0.137. The molecule has 5 nitrogen and oxygen atoms in total. The predicted octanol–water partition coefficient (Wildman–Crippen LogP) is 4.14. The standard InChI is InChI=1S/C17H15F3N2O3S2/c1-10(2)13-9-26-15(21-13)22-14(23)16(7-8-16)27(24,25)12-5-3-11(4-6-12)17(18,19)20/h3-6,9H,1,7-8H2,2H3,(H,21,22,23). The molecule has 1 aliphatic rings. The first-order chi connectivity index (χ1) is 12.5. The van der Waals surface area contributed by atoms with Gasteiger partial charge in [-0.1, -0.05) is 6.58 Å². The summed E-state index contributed by atoms with van der Waals surface area (Å²) in [4.78, 5) is 16.4. The number of carbonyl (C=O) groups excluding carboxylic acids is 1. The minimum absolute atomic E-state index is 0.0981. The van der Waals surface area contributed by atoms with E-state index in [1.807, 2.05) is 0 Å². The molecule has 2 aromatic rings. The SMILES string of the molecule is C=C(C)c1csc(NC(=O)C2(S(=O)(=O)c3ccc(C(F)(F)F)cc3)CC2)n1. The molecule has 1 heterocycles. The molecule has 0 aliphatic heterocycles. The number of halogens is 3. The Bertz CT molecular complexity index is 1000. The van der Waals surface area contributed by atoms with Crippen molar-refractivity contribution in [2.24, 2.45) is 0 Å². The number of thiazole rings is 1. The van der Waals surface area contributed by atoms with Crippen LogP contribution in [0.1, 0.15) is 31.0 Å². The highest BCUT2D eigenvalue weighted by Crippen LogP contribution is 2.48. The van der Waals surface area contributed by atoms with Gasteiger partial charge in [0.15, 0.2) is 19.7 Å². The van der Waals surface area contributed by atoms with E-state index in [9.17, 15) is 26.4 Å². The molecule has 1 fully saturated rings. The molecule has 0 spiro atoms. The van der Waals surface area contributed by atoms with E-state index in [4.69, 9.17) is 0 Å². The van der Waals surface area contributed by atoms with Crippen molar-refractivity contribution in [2.45, 2.75) is 35.6 Å². The summed E-state index contributed by atoms with van der Waals surface area (Å²) in [5.74, 6) is -0.731. The normalized spacial score (nSPS) is 16.0. The van der Waals surface area contributed by atoms with Crippen LogP contribution in [0, 0.1) is 0 Å². The number of alkyl halides is 3. The van der Waals surface area contributed by atoms with E-state index >= 15 is 0 Å². The number of carbonyl (C=O) groups is 1. The molecule has 10 heteroatoms. The third-order valence-electron chi connectivity index (χ3n) is 4.29. The maximum atomic E-state index is 12.8. The van der Waals surface area contributed by atoms with Gasteiger partial charge in [0.2, 0.25) is 5.91 Å². The van der Waals surface area contributed by atoms with Gasteiger partial charge in [0.1, 0.15) is 0 Å². The second kappa shape index (κ2) is 6.45. The molecule has 0 unspecified atom stereocenters. The molecule has 0 bridgehead atoms. The summed E-state index contributed by atoms with van der Waals surface area (Å²) in [5, 5.41) is 4.42. The molecule has 144 valence electrons. The lowest BCUT2D eigenvalue weighted by Gasteiger charge is -2.16. The highest BCUT2D eigenvalue weighted by molar-refractivity contribution is 7.94. The number of aromatic nitrogens is 1. The topological polar surface area (TPSA) is 76.1 Å². The summed E-state index contributed by atoms with van der Waals surface area (Å²) >= 11 is 1.14. The average molecular weight is 416 g/mol. The Balaban J connectivity index is 1.84. The maximum Gasteiger partial charge on any atom is 0.416 e. The van der Waals surface area contributed by atoms with E-state index in [1.165, 1.54) is 0 Å². The second-order valence-electron chi connectivity index (χ2n) is 6.29. The number of rotatable bonds is 5. The Hall–Kier alpha value is -2.20. The summed E-state index contributed by atoms with van der Waals surface area (Å²) in [6, 6.07) is 3.16. The first-order valence-electron chi connectivity index (χ1n) is 7.82. The van der Waals surface area contributed by atoms with Crippen LogP contribution in [0.3, 0.4) is 0 Å². The van der Waals surface area contributed by atoms with Crippen LogP contribution in [0.2, 0.25) is 0 Å². The number of nitrogens with zero attached hydrogens (tertiary/aromatic N) is 1. The van der Waals surface area contributed by atoms with Crippen molar-refractivity contribution in [3.8, 4) is 0 Å². The zero-order valence-corrected chi connectivity index (χ0v) is 15.8. The fourth-order valence-electron chi connectivity index (χ4n) is 2.52. The van der Waals surface area contributed by atoms with Crippen LogP contribution in [0.15, 0.2) is 41.1 Å². The number of hydrogen-bond acceptors (Lipinski definition) is 5. The van der Waals surface area contributed by atoms with Crippen LogP contribution >= 0.6 is 11.3 Å². The van der Waals surface area contributed by atoms with Crippen LogP contribution in [0.5, 0.6) is 0 Å². The van der Waals surface area contributed by atoms with Crippen molar-refractivity contribution >= 4 is 37.8 Å². The van der Waals surface area contributed by atoms with Crippen molar-refractivity contribution < 1.29 is 26.4 Å². The maximum absolute atomic E-state index is 12.8. The molecular weight excluding hydrogens is 401 g/mol. The van der Waals surface area contributed by atoms with Crippen LogP contribution in [-0.2, 0) is 20.8 Å². The van der Waals surface area contributed by atoms with Gasteiger partial charge in [-0.15, -0.1) is 11.3 Å². The molecule has 0 saturated heterocycles. The van der Waals surface area contributed by atoms with E-state index in [2.05, 4.69) is 16.9 Å². The van der Waals surface area contributed by atoms with Gasteiger partial charge in [-0.05, 0) is 49.6 Å². The Morgan fingerprint density at radius 1 is 1.26 bits per heavy atom. The van der Waals surface area contributed by atoms with Crippen molar-refractivity contribution in [3.63, 3.8) is 0 Å². The van der Waals surface area contributed by atoms with Crippen molar-refractivity contribution in [3.05, 3.63) is 47.5 Å². The number of hydrogen-bond donors (Lipinski definition) is 1. The number of allylic oxidation sites excluding steroid dienone is 1. The van der Waals surface area contributed by atoms with Gasteiger partial charge >= 0.3 is 6.18 Å². The molecule has 1 aliphatic carbocycles. The third kappa shape index (κ3) is 3.51. The largest absolute Gasteiger partial charge is 0.416 e. The van der Waals surface area contributed by atoms with E-state index in [0.717, 1.165) is 23.5 Å². The molecular formula is C17H15F3N2O3S2. The van der Waals surface area contributed by atoms with E-state index < -0.39 is 32.2 Å². The molecule has 1 saturated carbocycles. The summed E-state index contributed by atoms with van der Waals surface area (Å²) in [7, 11) is -4.14. The molecule has 1 N–H and O–H groups in total. The zero-order chi connectivity index (χ0) is 20.0. The minimum Gasteiger partial charge on any atom is -0.301 e. The Morgan fingerprint density at radius 2 is 1.85 bits per heavy atom. The monoisotopic (exact) mass is 416 g/mol. The Morgan fingerprint density at radius 3 is 2.30 bits per heavy atom. The van der Waals surface area contributed by atoms with E-state index in [-0.39, 0.29) is 22.9 Å². The fourth-order valence-corrected chi connectivity index (χ4v) is 5.18. The lowest BCUT2D eigenvalue weighted by atomic mass is 10.2. The minimum atomic E-state index is -4.57. The molecule has 27 heavy (non-hydrogen) atoms. The van der Waals surface area contributed by atoms with Crippen LogP contribution in [0.25, 0.3) is 5.57 Å². The summed E-state index contributed by atoms with van der Waals surface area (Å²) in [6.45, 7) is 5.49. The van der Waals surface area contributed by atoms with Gasteiger partial charge in [0.05, 0.1) is 16.2 Å². The smallest absolute Gasteiger partial charge is 0.301 e. The van der Waals surface area contributed by atoms with Crippen molar-refractivity contribution in [1.29, 1.82) is 0 Å². The highest BCUT2D eigenvalue weighted by Gasteiger charge is 2.61. The first-order valence-corrected chi connectivity index (χ1v) is 10.2. The molecule has 1 aromatic carbocycles. The fraction of sp³-hybridized carbons (Fsp3) is 0.294. The molecule has 1 amide bonds. The number of nitrogens with one attached hydrogen (secondary N) is 1.